The van der Waals surface area contributed by atoms with Crippen molar-refractivity contribution in [2.45, 2.75) is 212 Å². The van der Waals surface area contributed by atoms with E-state index in [2.05, 4.69) is 38.2 Å². The van der Waals surface area contributed by atoms with E-state index in [-0.39, 0.29) is 25.4 Å². The molecule has 0 aromatic rings. The van der Waals surface area contributed by atoms with Crippen LogP contribution in [0.2, 0.25) is 0 Å². The third-order valence-corrected chi connectivity index (χ3v) is 9.14. The Bertz CT molecular complexity index is 837. The summed E-state index contributed by atoms with van der Waals surface area (Å²) in [6, 6.07) is 0. The summed E-state index contributed by atoms with van der Waals surface area (Å²) in [4.78, 5) is 24.3. The van der Waals surface area contributed by atoms with Gasteiger partial charge in [0, 0.05) is 12.8 Å². The number of hydrogen-bond acceptors (Lipinski definition) is 7. The van der Waals surface area contributed by atoms with E-state index in [1.807, 2.05) is 12.2 Å². The number of hydrogen-bond donors (Lipinski definition) is 3. The first-order chi connectivity index (χ1) is 24.4. The van der Waals surface area contributed by atoms with Gasteiger partial charge < -0.3 is 24.8 Å². The first-order valence-corrected chi connectivity index (χ1v) is 20.7. The van der Waals surface area contributed by atoms with Crippen LogP contribution in [0.4, 0.5) is 0 Å². The van der Waals surface area contributed by atoms with E-state index in [9.17, 15) is 24.9 Å². The summed E-state index contributed by atoms with van der Waals surface area (Å²) in [5.41, 5.74) is 0. The van der Waals surface area contributed by atoms with Crippen LogP contribution < -0.4 is 0 Å². The fourth-order valence-electron chi connectivity index (χ4n) is 5.83. The molecule has 0 rings (SSSR count). The Labute approximate surface area is 307 Å². The molecule has 0 heterocycles. The highest BCUT2D eigenvalue weighted by atomic mass is 16.6. The van der Waals surface area contributed by atoms with Crippen molar-refractivity contribution in [1.29, 1.82) is 0 Å². The molecule has 0 aromatic carbocycles. The Morgan fingerprint density at radius 3 is 1.54 bits per heavy atom. The Balaban J connectivity index is 3.76. The molecule has 3 atom stereocenters. The van der Waals surface area contributed by atoms with E-state index in [1.54, 1.807) is 0 Å². The van der Waals surface area contributed by atoms with Crippen molar-refractivity contribution in [3.8, 4) is 0 Å². The predicted octanol–water partition coefficient (Wildman–Crippen LogP) is 10.8. The zero-order valence-electron chi connectivity index (χ0n) is 32.4. The van der Waals surface area contributed by atoms with Gasteiger partial charge in [-0.2, -0.15) is 0 Å². The van der Waals surface area contributed by atoms with Gasteiger partial charge >= 0.3 is 11.9 Å². The van der Waals surface area contributed by atoms with E-state index in [4.69, 9.17) is 9.47 Å². The summed E-state index contributed by atoms with van der Waals surface area (Å²) >= 11 is 0. The zero-order chi connectivity index (χ0) is 36.8. The fraction of sp³-hybridized carbons (Fsp3) is 0.814. The minimum atomic E-state index is -0.929. The molecule has 292 valence electrons. The monoisotopic (exact) mass is 707 g/mol. The second-order valence-electron chi connectivity index (χ2n) is 14.0. The summed E-state index contributed by atoms with van der Waals surface area (Å²) in [6.45, 7) is 3.87. The molecular formula is C43H78O7. The largest absolute Gasteiger partial charge is 0.462 e. The number of esters is 2. The predicted molar refractivity (Wildman–Crippen MR) is 208 cm³/mol. The standard InChI is InChI=1S/C43H78O7/c1-3-5-7-9-11-13-15-17-18-19-20-21-23-25-27-29-31-35-43(48)50-39(37-44)38-49-42(47)36-32-34-41(46)40(45)33-30-28-26-24-22-16-14-12-10-8-6-4-2/h12,14,22,24,28,30,39-41,44-46H,3-11,13,15-21,23,25-27,29,31-38H2,1-2H3/b14-12-,24-22-,30-28-/t39-,40?,41?/m0/s1. The lowest BCUT2D eigenvalue weighted by molar-refractivity contribution is -0.161. The number of carbonyl (C=O) groups excluding carboxylic acids is 2. The van der Waals surface area contributed by atoms with Crippen LogP contribution in [0.3, 0.4) is 0 Å². The second kappa shape index (κ2) is 38.3. The molecule has 0 aliphatic carbocycles. The number of aliphatic hydroxyl groups is 3. The van der Waals surface area contributed by atoms with E-state index in [0.29, 0.717) is 19.3 Å². The van der Waals surface area contributed by atoms with Crippen LogP contribution in [0.25, 0.3) is 0 Å². The van der Waals surface area contributed by atoms with Gasteiger partial charge in [-0.15, -0.1) is 0 Å². The van der Waals surface area contributed by atoms with Crippen molar-refractivity contribution in [2.75, 3.05) is 13.2 Å². The van der Waals surface area contributed by atoms with Crippen molar-refractivity contribution < 1.29 is 34.4 Å². The van der Waals surface area contributed by atoms with Crippen molar-refractivity contribution in [3.05, 3.63) is 36.5 Å². The lowest BCUT2D eigenvalue weighted by Gasteiger charge is -2.17. The molecule has 0 aliphatic heterocycles. The van der Waals surface area contributed by atoms with Crippen LogP contribution in [0.5, 0.6) is 0 Å². The van der Waals surface area contributed by atoms with E-state index >= 15 is 0 Å². The highest BCUT2D eigenvalue weighted by Gasteiger charge is 2.18. The Kier molecular flexibility index (Phi) is 36.8. The summed E-state index contributed by atoms with van der Waals surface area (Å²) in [7, 11) is 0. The van der Waals surface area contributed by atoms with Crippen molar-refractivity contribution >= 4 is 11.9 Å². The van der Waals surface area contributed by atoms with E-state index in [1.165, 1.54) is 109 Å². The van der Waals surface area contributed by atoms with Crippen molar-refractivity contribution in [2.24, 2.45) is 0 Å². The van der Waals surface area contributed by atoms with E-state index < -0.39 is 30.9 Å². The first kappa shape index (κ1) is 48.0. The summed E-state index contributed by atoms with van der Waals surface area (Å²) in [5, 5.41) is 30.0. The third-order valence-electron chi connectivity index (χ3n) is 9.14. The number of aliphatic hydroxyl groups excluding tert-OH is 3. The fourth-order valence-corrected chi connectivity index (χ4v) is 5.83. The van der Waals surface area contributed by atoms with Gasteiger partial charge in [-0.3, -0.25) is 9.59 Å². The van der Waals surface area contributed by atoms with E-state index in [0.717, 1.165) is 38.5 Å². The minimum absolute atomic E-state index is 0.0722. The van der Waals surface area contributed by atoms with Crippen LogP contribution in [0, 0.1) is 0 Å². The second-order valence-corrected chi connectivity index (χ2v) is 14.0. The third kappa shape index (κ3) is 34.5. The van der Waals surface area contributed by atoms with Crippen LogP contribution in [0.1, 0.15) is 194 Å². The molecule has 0 fully saturated rings. The Morgan fingerprint density at radius 1 is 0.540 bits per heavy atom. The summed E-state index contributed by atoms with van der Waals surface area (Å²) in [6.07, 6.45) is 39.5. The van der Waals surface area contributed by atoms with Crippen LogP contribution in [0.15, 0.2) is 36.5 Å². The summed E-state index contributed by atoms with van der Waals surface area (Å²) < 4.78 is 10.5. The van der Waals surface area contributed by atoms with Gasteiger partial charge in [0.25, 0.3) is 0 Å². The number of rotatable bonds is 37. The Morgan fingerprint density at radius 2 is 1.00 bits per heavy atom. The maximum atomic E-state index is 12.2. The molecule has 0 aromatic heterocycles. The lowest BCUT2D eigenvalue weighted by Crippen LogP contribution is -2.28. The molecule has 50 heavy (non-hydrogen) atoms. The summed E-state index contributed by atoms with van der Waals surface area (Å²) in [5.74, 6) is -0.870. The maximum absolute atomic E-state index is 12.2. The van der Waals surface area contributed by atoms with Crippen LogP contribution in [-0.2, 0) is 19.1 Å². The topological polar surface area (TPSA) is 113 Å². The molecule has 0 amide bonds. The van der Waals surface area contributed by atoms with Crippen molar-refractivity contribution in [3.63, 3.8) is 0 Å². The van der Waals surface area contributed by atoms with Crippen molar-refractivity contribution in [1.82, 2.24) is 0 Å². The zero-order valence-corrected chi connectivity index (χ0v) is 32.4. The molecule has 0 aliphatic rings. The highest BCUT2D eigenvalue weighted by molar-refractivity contribution is 5.70. The number of ether oxygens (including phenoxy) is 2. The molecule has 2 unspecified atom stereocenters. The van der Waals surface area contributed by atoms with Gasteiger partial charge in [0.2, 0.25) is 0 Å². The number of unbranched alkanes of at least 4 members (excludes halogenated alkanes) is 19. The van der Waals surface area contributed by atoms with Gasteiger partial charge in [0.1, 0.15) is 6.61 Å². The molecule has 0 radical (unpaired) electrons. The molecule has 7 heteroatoms. The maximum Gasteiger partial charge on any atom is 0.306 e. The van der Waals surface area contributed by atoms with Gasteiger partial charge in [-0.05, 0) is 51.4 Å². The molecule has 0 saturated carbocycles. The Hall–Kier alpha value is -1.96. The molecule has 7 nitrogen and oxygen atoms in total. The molecule has 0 bridgehead atoms. The minimum Gasteiger partial charge on any atom is -0.462 e. The van der Waals surface area contributed by atoms with Crippen LogP contribution >= 0.6 is 0 Å². The quantitative estimate of drug-likeness (QED) is 0.0335. The molecular weight excluding hydrogens is 628 g/mol. The number of carbonyl (C=O) groups is 2. The van der Waals surface area contributed by atoms with Gasteiger partial charge in [0.15, 0.2) is 6.10 Å². The molecule has 0 saturated heterocycles. The SMILES string of the molecule is CCCCC/C=C\C/C=C\C/C=C\CC(O)C(O)CCCC(=O)OC[C@H](CO)OC(=O)CCCCCCCCCCCCCCCCCCC. The lowest BCUT2D eigenvalue weighted by atomic mass is 10.0. The average molecular weight is 707 g/mol. The average Bonchev–Trinajstić information content (AvgIpc) is 3.11. The van der Waals surface area contributed by atoms with Gasteiger partial charge in [0.05, 0.1) is 18.8 Å². The first-order valence-electron chi connectivity index (χ1n) is 20.7. The molecule has 0 spiro atoms. The highest BCUT2D eigenvalue weighted by Crippen LogP contribution is 2.15. The normalized spacial score (nSPS) is 13.8. The number of allylic oxidation sites excluding steroid dienone is 5. The molecule has 3 N–H and O–H groups in total. The van der Waals surface area contributed by atoms with Gasteiger partial charge in [-0.1, -0.05) is 166 Å². The van der Waals surface area contributed by atoms with Gasteiger partial charge in [-0.25, -0.2) is 0 Å². The van der Waals surface area contributed by atoms with Crippen LogP contribution in [-0.4, -0.2) is 58.8 Å². The smallest absolute Gasteiger partial charge is 0.306 e.